The molecular formula is C14H10BrClOS. The molecule has 18 heavy (non-hydrogen) atoms. The molecule has 0 saturated carbocycles. The van der Waals surface area contributed by atoms with E-state index in [2.05, 4.69) is 15.9 Å². The largest absolute Gasteiger partial charge is 0.295 e. The first-order valence-corrected chi connectivity index (χ1v) is 7.29. The standard InChI is InChI=1S/C14H10BrClOS/c1-9(17)10-2-7-14(13(16)8-10)18-12-5-3-11(15)4-6-12/h2-8H,1H3. The van der Waals surface area contributed by atoms with Gasteiger partial charge in [0.2, 0.25) is 0 Å². The number of rotatable bonds is 3. The zero-order chi connectivity index (χ0) is 13.1. The minimum atomic E-state index is 0.0251. The van der Waals surface area contributed by atoms with Crippen molar-refractivity contribution in [2.45, 2.75) is 16.7 Å². The maximum absolute atomic E-state index is 11.2. The van der Waals surface area contributed by atoms with E-state index in [0.717, 1.165) is 14.3 Å². The van der Waals surface area contributed by atoms with Crippen molar-refractivity contribution >= 4 is 45.1 Å². The molecular weight excluding hydrogens is 332 g/mol. The van der Waals surface area contributed by atoms with Crippen LogP contribution in [-0.4, -0.2) is 5.78 Å². The second-order valence-electron chi connectivity index (χ2n) is 3.76. The van der Waals surface area contributed by atoms with Crippen molar-refractivity contribution in [3.63, 3.8) is 0 Å². The van der Waals surface area contributed by atoms with Gasteiger partial charge in [0.15, 0.2) is 5.78 Å². The van der Waals surface area contributed by atoms with E-state index in [9.17, 15) is 4.79 Å². The molecule has 0 aliphatic carbocycles. The lowest BCUT2D eigenvalue weighted by atomic mass is 10.1. The first-order chi connectivity index (χ1) is 8.56. The first kappa shape index (κ1) is 13.7. The zero-order valence-corrected chi connectivity index (χ0v) is 12.8. The minimum absolute atomic E-state index is 0.0251. The van der Waals surface area contributed by atoms with Crippen LogP contribution in [0, 0.1) is 0 Å². The number of Topliss-reactive ketones (excluding diaryl/α,β-unsaturated/α-hetero) is 1. The van der Waals surface area contributed by atoms with E-state index in [1.807, 2.05) is 30.3 Å². The van der Waals surface area contributed by atoms with Gasteiger partial charge in [-0.2, -0.15) is 0 Å². The normalized spacial score (nSPS) is 10.4. The Hall–Kier alpha value is -0.770. The molecule has 0 aliphatic heterocycles. The third kappa shape index (κ3) is 3.37. The van der Waals surface area contributed by atoms with Crippen LogP contribution in [0.15, 0.2) is 56.7 Å². The SMILES string of the molecule is CC(=O)c1ccc(Sc2ccc(Br)cc2)c(Cl)c1. The Kier molecular flexibility index (Phi) is 4.49. The molecule has 4 heteroatoms. The van der Waals surface area contributed by atoms with Gasteiger partial charge in [-0.3, -0.25) is 4.79 Å². The molecule has 1 nitrogen and oxygen atoms in total. The number of carbonyl (C=O) groups excluding carboxylic acids is 1. The van der Waals surface area contributed by atoms with E-state index in [1.165, 1.54) is 6.92 Å². The van der Waals surface area contributed by atoms with Crippen LogP contribution in [0.5, 0.6) is 0 Å². The first-order valence-electron chi connectivity index (χ1n) is 5.30. The highest BCUT2D eigenvalue weighted by Crippen LogP contribution is 2.34. The molecule has 2 aromatic carbocycles. The lowest BCUT2D eigenvalue weighted by Gasteiger charge is -2.05. The van der Waals surface area contributed by atoms with Crippen LogP contribution in [-0.2, 0) is 0 Å². The fourth-order valence-electron chi connectivity index (χ4n) is 1.43. The molecule has 0 aliphatic rings. The Labute approximate surface area is 124 Å². The fraction of sp³-hybridized carbons (Fsp3) is 0.0714. The molecule has 0 saturated heterocycles. The van der Waals surface area contributed by atoms with Crippen LogP contribution in [0.25, 0.3) is 0 Å². The quantitative estimate of drug-likeness (QED) is 0.690. The van der Waals surface area contributed by atoms with E-state index in [-0.39, 0.29) is 5.78 Å². The average Bonchev–Trinajstić information content (AvgIpc) is 2.34. The maximum Gasteiger partial charge on any atom is 0.159 e. The summed E-state index contributed by atoms with van der Waals surface area (Å²) in [5, 5.41) is 0.607. The molecule has 0 N–H and O–H groups in total. The number of carbonyl (C=O) groups is 1. The summed E-state index contributed by atoms with van der Waals surface area (Å²) in [6, 6.07) is 13.4. The second-order valence-corrected chi connectivity index (χ2v) is 6.20. The predicted molar refractivity (Wildman–Crippen MR) is 79.7 cm³/mol. The summed E-state index contributed by atoms with van der Waals surface area (Å²) in [6.45, 7) is 1.53. The molecule has 0 heterocycles. The third-order valence-electron chi connectivity index (χ3n) is 2.38. The minimum Gasteiger partial charge on any atom is -0.295 e. The number of ketones is 1. The van der Waals surface area contributed by atoms with E-state index in [1.54, 1.807) is 23.9 Å². The Morgan fingerprint density at radius 2 is 1.83 bits per heavy atom. The lowest BCUT2D eigenvalue weighted by Crippen LogP contribution is -1.91. The Morgan fingerprint density at radius 3 is 2.39 bits per heavy atom. The van der Waals surface area contributed by atoms with Crippen LogP contribution >= 0.6 is 39.3 Å². The van der Waals surface area contributed by atoms with Gasteiger partial charge in [-0.15, -0.1) is 0 Å². The van der Waals surface area contributed by atoms with Gasteiger partial charge < -0.3 is 0 Å². The molecule has 0 spiro atoms. The van der Waals surface area contributed by atoms with Crippen molar-refractivity contribution in [3.8, 4) is 0 Å². The fourth-order valence-corrected chi connectivity index (χ4v) is 2.81. The number of halogens is 2. The molecule has 0 amide bonds. The topological polar surface area (TPSA) is 17.1 Å². The molecule has 0 atom stereocenters. The van der Waals surface area contributed by atoms with E-state index < -0.39 is 0 Å². The predicted octanol–water partition coefficient (Wildman–Crippen LogP) is 5.46. The maximum atomic E-state index is 11.2. The van der Waals surface area contributed by atoms with Gasteiger partial charge in [-0.05, 0) is 43.3 Å². The summed E-state index contributed by atoms with van der Waals surface area (Å²) < 4.78 is 1.05. The second kappa shape index (κ2) is 5.91. The van der Waals surface area contributed by atoms with Crippen molar-refractivity contribution in [1.82, 2.24) is 0 Å². The summed E-state index contributed by atoms with van der Waals surface area (Å²) in [5.41, 5.74) is 0.639. The third-order valence-corrected chi connectivity index (χ3v) is 4.42. The summed E-state index contributed by atoms with van der Waals surface area (Å²) in [4.78, 5) is 13.3. The zero-order valence-electron chi connectivity index (χ0n) is 9.61. The molecule has 0 aromatic heterocycles. The average molecular weight is 342 g/mol. The van der Waals surface area contributed by atoms with Crippen LogP contribution in [0.4, 0.5) is 0 Å². The summed E-state index contributed by atoms with van der Waals surface area (Å²) >= 11 is 11.1. The molecule has 0 unspecified atom stereocenters. The van der Waals surface area contributed by atoms with Gasteiger partial charge in [-0.1, -0.05) is 45.4 Å². The van der Waals surface area contributed by atoms with Crippen molar-refractivity contribution in [3.05, 3.63) is 57.5 Å². The van der Waals surface area contributed by atoms with Crippen LogP contribution in [0.1, 0.15) is 17.3 Å². The van der Waals surface area contributed by atoms with Crippen LogP contribution < -0.4 is 0 Å². The summed E-state index contributed by atoms with van der Waals surface area (Å²) in [5.74, 6) is 0.0251. The molecule has 92 valence electrons. The van der Waals surface area contributed by atoms with Gasteiger partial charge in [0.1, 0.15) is 0 Å². The van der Waals surface area contributed by atoms with Crippen molar-refractivity contribution < 1.29 is 4.79 Å². The summed E-state index contributed by atoms with van der Waals surface area (Å²) in [7, 11) is 0. The smallest absolute Gasteiger partial charge is 0.159 e. The van der Waals surface area contributed by atoms with E-state index >= 15 is 0 Å². The van der Waals surface area contributed by atoms with E-state index in [4.69, 9.17) is 11.6 Å². The number of hydrogen-bond acceptors (Lipinski definition) is 2. The molecule has 0 fully saturated rings. The Morgan fingerprint density at radius 1 is 1.17 bits per heavy atom. The van der Waals surface area contributed by atoms with Crippen LogP contribution in [0.2, 0.25) is 5.02 Å². The van der Waals surface area contributed by atoms with Gasteiger partial charge >= 0.3 is 0 Å². The lowest BCUT2D eigenvalue weighted by molar-refractivity contribution is 0.101. The van der Waals surface area contributed by atoms with Crippen LogP contribution in [0.3, 0.4) is 0 Å². The Balaban J connectivity index is 2.24. The van der Waals surface area contributed by atoms with Gasteiger partial charge in [0.25, 0.3) is 0 Å². The van der Waals surface area contributed by atoms with Gasteiger partial charge in [0.05, 0.1) is 5.02 Å². The van der Waals surface area contributed by atoms with E-state index in [0.29, 0.717) is 10.6 Å². The summed E-state index contributed by atoms with van der Waals surface area (Å²) in [6.07, 6.45) is 0. The van der Waals surface area contributed by atoms with Crippen molar-refractivity contribution in [2.75, 3.05) is 0 Å². The molecule has 0 bridgehead atoms. The van der Waals surface area contributed by atoms with Crippen molar-refractivity contribution in [2.24, 2.45) is 0 Å². The number of benzene rings is 2. The number of hydrogen-bond donors (Lipinski definition) is 0. The highest BCUT2D eigenvalue weighted by Gasteiger charge is 2.06. The Bertz CT molecular complexity index is 581. The van der Waals surface area contributed by atoms with Gasteiger partial charge in [-0.25, -0.2) is 0 Å². The highest BCUT2D eigenvalue weighted by atomic mass is 79.9. The molecule has 2 aromatic rings. The molecule has 2 rings (SSSR count). The highest BCUT2D eigenvalue weighted by molar-refractivity contribution is 9.10. The van der Waals surface area contributed by atoms with Crippen molar-refractivity contribution in [1.29, 1.82) is 0 Å². The monoisotopic (exact) mass is 340 g/mol. The van der Waals surface area contributed by atoms with Gasteiger partial charge in [0, 0.05) is 19.8 Å². The molecule has 0 radical (unpaired) electrons.